The Labute approximate surface area is 151 Å². The minimum Gasteiger partial charge on any atom is -0.507 e. The van der Waals surface area contributed by atoms with Crippen molar-refractivity contribution in [3.63, 3.8) is 0 Å². The first-order chi connectivity index (χ1) is 12.0. The van der Waals surface area contributed by atoms with Gasteiger partial charge in [-0.3, -0.25) is 9.36 Å². The highest BCUT2D eigenvalue weighted by molar-refractivity contribution is 8.13. The fourth-order valence-corrected chi connectivity index (χ4v) is 3.26. The Kier molecular flexibility index (Phi) is 5.10. The molecule has 3 nitrogen and oxygen atoms in total. The number of nitrogens with zero attached hydrogens (tertiary/aromatic N) is 1. The van der Waals surface area contributed by atoms with E-state index in [0.29, 0.717) is 5.75 Å². The third-order valence-corrected chi connectivity index (χ3v) is 4.75. The van der Waals surface area contributed by atoms with Crippen LogP contribution in [0.3, 0.4) is 0 Å². The SMILES string of the molecule is Cc1cc(/C=C/c2ccn(C(=O)Sc3ccccc3)c2)cc(C)c1O. The number of thioether (sulfide) groups is 1. The van der Waals surface area contributed by atoms with Gasteiger partial charge in [-0.25, -0.2) is 0 Å². The van der Waals surface area contributed by atoms with Crippen molar-refractivity contribution in [1.82, 2.24) is 4.57 Å². The highest BCUT2D eigenvalue weighted by atomic mass is 32.2. The third kappa shape index (κ3) is 4.22. The molecule has 2 aromatic carbocycles. The van der Waals surface area contributed by atoms with Gasteiger partial charge in [-0.2, -0.15) is 0 Å². The smallest absolute Gasteiger partial charge is 0.294 e. The maximum absolute atomic E-state index is 12.3. The first-order valence-electron chi connectivity index (χ1n) is 7.96. The topological polar surface area (TPSA) is 42.2 Å². The van der Waals surface area contributed by atoms with Crippen LogP contribution in [0, 0.1) is 13.8 Å². The Morgan fingerprint density at radius 2 is 1.64 bits per heavy atom. The molecule has 0 atom stereocenters. The maximum Gasteiger partial charge on any atom is 0.294 e. The molecule has 0 aliphatic heterocycles. The number of aromatic nitrogens is 1. The van der Waals surface area contributed by atoms with Gasteiger partial charge in [0.1, 0.15) is 5.75 Å². The highest BCUT2D eigenvalue weighted by Crippen LogP contribution is 2.24. The zero-order valence-electron chi connectivity index (χ0n) is 14.1. The molecule has 0 unspecified atom stereocenters. The van der Waals surface area contributed by atoms with Crippen LogP contribution in [0.1, 0.15) is 22.3 Å². The molecule has 0 bridgehead atoms. The second-order valence-electron chi connectivity index (χ2n) is 5.87. The molecule has 3 rings (SSSR count). The molecule has 0 aliphatic rings. The summed E-state index contributed by atoms with van der Waals surface area (Å²) in [6, 6.07) is 15.4. The number of carbonyl (C=O) groups is 1. The van der Waals surface area contributed by atoms with Crippen LogP contribution in [0.4, 0.5) is 4.79 Å². The number of phenols is 1. The number of carbonyl (C=O) groups excluding carboxylic acids is 1. The molecule has 126 valence electrons. The summed E-state index contributed by atoms with van der Waals surface area (Å²) in [5, 5.41) is 9.79. The Bertz CT molecular complexity index is 903. The zero-order valence-corrected chi connectivity index (χ0v) is 15.0. The molecule has 1 aromatic heterocycles. The number of phenolic OH excluding ortho intramolecular Hbond substituents is 1. The number of hydrogen-bond donors (Lipinski definition) is 1. The number of aryl methyl sites for hydroxylation is 2. The van der Waals surface area contributed by atoms with Crippen molar-refractivity contribution < 1.29 is 9.90 Å². The zero-order chi connectivity index (χ0) is 17.8. The largest absolute Gasteiger partial charge is 0.507 e. The molecule has 3 aromatic rings. The Balaban J connectivity index is 1.72. The van der Waals surface area contributed by atoms with Crippen LogP contribution >= 0.6 is 11.8 Å². The van der Waals surface area contributed by atoms with E-state index in [1.807, 2.05) is 80.7 Å². The van der Waals surface area contributed by atoms with E-state index in [1.54, 1.807) is 10.8 Å². The average Bonchev–Trinajstić information content (AvgIpc) is 3.08. The quantitative estimate of drug-likeness (QED) is 0.613. The van der Waals surface area contributed by atoms with E-state index in [9.17, 15) is 9.90 Å². The lowest BCUT2D eigenvalue weighted by molar-refractivity contribution is 0.262. The lowest BCUT2D eigenvalue weighted by Gasteiger charge is -2.04. The van der Waals surface area contributed by atoms with E-state index in [1.165, 1.54) is 11.8 Å². The lowest BCUT2D eigenvalue weighted by atomic mass is 10.1. The molecule has 1 heterocycles. The molecular formula is C21H19NO2S. The van der Waals surface area contributed by atoms with Crippen LogP contribution in [-0.2, 0) is 0 Å². The van der Waals surface area contributed by atoms with E-state index in [0.717, 1.165) is 27.1 Å². The molecule has 0 radical (unpaired) electrons. The summed E-state index contributed by atoms with van der Waals surface area (Å²) in [7, 11) is 0. The van der Waals surface area contributed by atoms with Crippen LogP contribution in [0.25, 0.3) is 12.2 Å². The van der Waals surface area contributed by atoms with Crippen molar-refractivity contribution in [2.75, 3.05) is 0 Å². The molecular weight excluding hydrogens is 330 g/mol. The Morgan fingerprint density at radius 1 is 1.00 bits per heavy atom. The molecule has 0 spiro atoms. The van der Waals surface area contributed by atoms with Crippen LogP contribution < -0.4 is 0 Å². The monoisotopic (exact) mass is 349 g/mol. The second kappa shape index (κ2) is 7.45. The van der Waals surface area contributed by atoms with E-state index in [2.05, 4.69) is 0 Å². The third-order valence-electron chi connectivity index (χ3n) is 3.86. The Morgan fingerprint density at radius 3 is 2.32 bits per heavy atom. The molecule has 1 N–H and O–H groups in total. The van der Waals surface area contributed by atoms with Gasteiger partial charge in [0.2, 0.25) is 0 Å². The number of hydrogen-bond acceptors (Lipinski definition) is 3. The summed E-state index contributed by atoms with van der Waals surface area (Å²) >= 11 is 1.20. The highest BCUT2D eigenvalue weighted by Gasteiger charge is 2.07. The molecule has 0 fully saturated rings. The minimum atomic E-state index is -0.0397. The van der Waals surface area contributed by atoms with Gasteiger partial charge in [0.25, 0.3) is 5.24 Å². The first kappa shape index (κ1) is 17.1. The second-order valence-corrected chi connectivity index (χ2v) is 6.89. The van der Waals surface area contributed by atoms with Gasteiger partial charge in [0, 0.05) is 17.3 Å². The molecule has 0 saturated heterocycles. The molecule has 4 heteroatoms. The molecule has 25 heavy (non-hydrogen) atoms. The van der Waals surface area contributed by atoms with Crippen molar-refractivity contribution >= 4 is 29.2 Å². The van der Waals surface area contributed by atoms with Gasteiger partial charge in [-0.1, -0.05) is 30.4 Å². The predicted octanol–water partition coefficient (Wildman–Crippen LogP) is 5.74. The summed E-state index contributed by atoms with van der Waals surface area (Å²) in [6.07, 6.45) is 7.52. The fraction of sp³-hybridized carbons (Fsp3) is 0.0952. The Hall–Kier alpha value is -2.72. The van der Waals surface area contributed by atoms with Gasteiger partial charge in [0.05, 0.1) is 0 Å². The van der Waals surface area contributed by atoms with E-state index >= 15 is 0 Å². The number of rotatable bonds is 3. The van der Waals surface area contributed by atoms with Crippen LogP contribution in [-0.4, -0.2) is 14.9 Å². The van der Waals surface area contributed by atoms with Crippen molar-refractivity contribution in [3.8, 4) is 5.75 Å². The van der Waals surface area contributed by atoms with Crippen molar-refractivity contribution in [1.29, 1.82) is 0 Å². The minimum absolute atomic E-state index is 0.0397. The van der Waals surface area contributed by atoms with Crippen LogP contribution in [0.5, 0.6) is 5.75 Å². The molecule has 0 saturated carbocycles. The summed E-state index contributed by atoms with van der Waals surface area (Å²) in [4.78, 5) is 13.2. The van der Waals surface area contributed by atoms with Crippen molar-refractivity contribution in [2.45, 2.75) is 18.7 Å². The van der Waals surface area contributed by atoms with E-state index < -0.39 is 0 Å². The first-order valence-corrected chi connectivity index (χ1v) is 8.78. The maximum atomic E-state index is 12.3. The van der Waals surface area contributed by atoms with Gasteiger partial charge in [-0.05, 0) is 78.2 Å². The van der Waals surface area contributed by atoms with E-state index in [4.69, 9.17) is 0 Å². The standard InChI is InChI=1S/C21H19NO2S/c1-15-12-18(13-16(2)20(15)23)9-8-17-10-11-22(14-17)21(24)25-19-6-4-3-5-7-19/h3-14,23H,1-2H3/b9-8+. The molecule has 0 amide bonds. The van der Waals surface area contributed by atoms with Crippen LogP contribution in [0.15, 0.2) is 65.8 Å². The molecule has 0 aliphatic carbocycles. The van der Waals surface area contributed by atoms with Gasteiger partial charge in [-0.15, -0.1) is 0 Å². The van der Waals surface area contributed by atoms with Crippen LogP contribution in [0.2, 0.25) is 0 Å². The fourth-order valence-electron chi connectivity index (χ4n) is 2.55. The van der Waals surface area contributed by atoms with Crippen molar-refractivity contribution in [3.05, 3.63) is 83.2 Å². The van der Waals surface area contributed by atoms with E-state index in [-0.39, 0.29) is 5.24 Å². The summed E-state index contributed by atoms with van der Waals surface area (Å²) in [5.41, 5.74) is 3.68. The van der Waals surface area contributed by atoms with Crippen molar-refractivity contribution in [2.24, 2.45) is 0 Å². The number of aromatic hydroxyl groups is 1. The average molecular weight is 349 g/mol. The summed E-state index contributed by atoms with van der Waals surface area (Å²) < 4.78 is 1.59. The predicted molar refractivity (Wildman–Crippen MR) is 104 cm³/mol. The number of benzene rings is 2. The normalized spacial score (nSPS) is 11.1. The lowest BCUT2D eigenvalue weighted by Crippen LogP contribution is -2.01. The van der Waals surface area contributed by atoms with Gasteiger partial charge < -0.3 is 5.11 Å². The summed E-state index contributed by atoms with van der Waals surface area (Å²) in [5.74, 6) is 0.340. The van der Waals surface area contributed by atoms with Gasteiger partial charge in [0.15, 0.2) is 0 Å². The summed E-state index contributed by atoms with van der Waals surface area (Å²) in [6.45, 7) is 3.77. The van der Waals surface area contributed by atoms with Gasteiger partial charge >= 0.3 is 0 Å².